The van der Waals surface area contributed by atoms with Crippen LogP contribution in [0.15, 0.2) is 0 Å². The molecule has 0 aromatic rings. The average Bonchev–Trinajstić information content (AvgIpc) is 3.11. The Balaban J connectivity index is 0.000000324. The number of ether oxygens (including phenoxy) is 1. The monoisotopic (exact) mass is 296 g/mol. The van der Waals surface area contributed by atoms with Gasteiger partial charge in [0.1, 0.15) is 0 Å². The van der Waals surface area contributed by atoms with E-state index in [1.807, 2.05) is 0 Å². The van der Waals surface area contributed by atoms with Gasteiger partial charge in [0.25, 0.3) is 0 Å². The van der Waals surface area contributed by atoms with Crippen LogP contribution in [0.3, 0.4) is 0 Å². The second-order valence-corrected chi connectivity index (χ2v) is 4.80. The molecular formula is C13H21KO5. The van der Waals surface area contributed by atoms with Crippen molar-refractivity contribution in [3.05, 3.63) is 6.92 Å². The largest absolute Gasteiger partial charge is 1.00 e. The summed E-state index contributed by atoms with van der Waals surface area (Å²) in [7, 11) is 0. The summed E-state index contributed by atoms with van der Waals surface area (Å²) in [5.74, 6) is -1.40. The summed E-state index contributed by atoms with van der Waals surface area (Å²) in [5.41, 5.74) is 0. The van der Waals surface area contributed by atoms with E-state index < -0.39 is 24.1 Å². The van der Waals surface area contributed by atoms with Gasteiger partial charge in [-0.3, -0.25) is 0 Å². The quantitative estimate of drug-likeness (QED) is 0.399. The van der Waals surface area contributed by atoms with E-state index >= 15 is 0 Å². The van der Waals surface area contributed by atoms with Crippen LogP contribution in [0.4, 0.5) is 0 Å². The molecule has 2 atom stereocenters. The molecule has 2 N–H and O–H groups in total. The molecule has 5 nitrogen and oxygen atoms in total. The summed E-state index contributed by atoms with van der Waals surface area (Å²) < 4.78 is 4.24. The van der Waals surface area contributed by atoms with Crippen molar-refractivity contribution in [1.82, 2.24) is 0 Å². The minimum atomic E-state index is -1.22. The Morgan fingerprint density at radius 3 is 1.84 bits per heavy atom. The van der Waals surface area contributed by atoms with Gasteiger partial charge in [-0.2, -0.15) is 6.42 Å². The molecule has 0 aromatic heterocycles. The molecule has 0 bridgehead atoms. The third-order valence-corrected chi connectivity index (χ3v) is 3.32. The fourth-order valence-electron chi connectivity index (χ4n) is 2.25. The van der Waals surface area contributed by atoms with E-state index in [1.54, 1.807) is 0 Å². The molecule has 2 rings (SSSR count). The van der Waals surface area contributed by atoms with Gasteiger partial charge in [-0.25, -0.2) is 9.59 Å². The molecule has 0 amide bonds. The van der Waals surface area contributed by atoms with E-state index in [4.69, 9.17) is 10.2 Å². The van der Waals surface area contributed by atoms with E-state index in [-0.39, 0.29) is 51.4 Å². The first-order valence-corrected chi connectivity index (χ1v) is 6.46. The van der Waals surface area contributed by atoms with Gasteiger partial charge < -0.3 is 21.9 Å². The normalized spacial score (nSPS) is 25.5. The molecule has 1 heterocycles. The number of rotatable bonds is 4. The Labute approximate surface area is 156 Å². The van der Waals surface area contributed by atoms with Gasteiger partial charge in [0.15, 0.2) is 12.2 Å². The van der Waals surface area contributed by atoms with Crippen LogP contribution < -0.4 is 51.4 Å². The van der Waals surface area contributed by atoms with Crippen LogP contribution in [0.25, 0.3) is 0 Å². The molecule has 2 unspecified atom stereocenters. The number of epoxide rings is 1. The Hall–Kier alpha value is 0.536. The summed E-state index contributed by atoms with van der Waals surface area (Å²) in [6.07, 6.45) is 7.67. The van der Waals surface area contributed by atoms with Gasteiger partial charge in [0.2, 0.25) is 0 Å². The summed E-state index contributed by atoms with van der Waals surface area (Å²) in [6, 6.07) is 0. The number of carboxylic acids is 2. The second kappa shape index (κ2) is 10.3. The fourth-order valence-corrected chi connectivity index (χ4v) is 2.25. The molecule has 2 fully saturated rings. The first-order chi connectivity index (χ1) is 8.56. The average molecular weight is 296 g/mol. The molecule has 2 aliphatic rings. The molecule has 1 aliphatic heterocycles. The molecule has 0 spiro atoms. The Bertz CT molecular complexity index is 268. The van der Waals surface area contributed by atoms with Crippen molar-refractivity contribution >= 4 is 11.9 Å². The predicted molar refractivity (Wildman–Crippen MR) is 65.1 cm³/mol. The maximum Gasteiger partial charge on any atom is 1.00 e. The van der Waals surface area contributed by atoms with Gasteiger partial charge in [-0.1, -0.05) is 38.5 Å². The maximum atomic E-state index is 9.89. The zero-order valence-corrected chi connectivity index (χ0v) is 14.6. The number of hydrogen-bond acceptors (Lipinski definition) is 3. The molecule has 104 valence electrons. The van der Waals surface area contributed by atoms with Crippen molar-refractivity contribution in [3.63, 3.8) is 0 Å². The van der Waals surface area contributed by atoms with Crippen molar-refractivity contribution in [2.45, 2.75) is 57.2 Å². The molecule has 0 radical (unpaired) electrons. The van der Waals surface area contributed by atoms with E-state index in [0.29, 0.717) is 0 Å². The van der Waals surface area contributed by atoms with Gasteiger partial charge in [0.05, 0.1) is 0 Å². The van der Waals surface area contributed by atoms with Crippen molar-refractivity contribution in [2.24, 2.45) is 5.92 Å². The second-order valence-electron chi connectivity index (χ2n) is 4.80. The van der Waals surface area contributed by atoms with Crippen molar-refractivity contribution < 1.29 is 75.9 Å². The third kappa shape index (κ3) is 7.77. The standard InChI is InChI=1S/C9H17.C4H4O5.K/c1-2-6-9-7-4-3-5-8-9;5-3(6)1-2(9-1)4(7)8;/h9H,1-8H2;1-2H,(H,5,6)(H,7,8);/q-1;;+1. The molecule has 1 saturated heterocycles. The molecule has 0 aromatic carbocycles. The molecule has 1 saturated carbocycles. The van der Waals surface area contributed by atoms with Crippen molar-refractivity contribution in [1.29, 1.82) is 0 Å². The van der Waals surface area contributed by atoms with Crippen molar-refractivity contribution in [2.75, 3.05) is 0 Å². The maximum absolute atomic E-state index is 9.89. The third-order valence-electron chi connectivity index (χ3n) is 3.32. The zero-order valence-electron chi connectivity index (χ0n) is 11.5. The smallest absolute Gasteiger partial charge is 0.479 e. The predicted octanol–water partition coefficient (Wildman–Crippen LogP) is -0.892. The first-order valence-electron chi connectivity index (χ1n) is 6.46. The van der Waals surface area contributed by atoms with E-state index in [9.17, 15) is 9.59 Å². The molecule has 6 heteroatoms. The van der Waals surface area contributed by atoms with Gasteiger partial charge in [-0.15, -0.1) is 0 Å². The van der Waals surface area contributed by atoms with Gasteiger partial charge >= 0.3 is 63.3 Å². The number of carbonyl (C=O) groups is 2. The van der Waals surface area contributed by atoms with E-state index in [1.165, 1.54) is 38.5 Å². The van der Waals surface area contributed by atoms with E-state index in [2.05, 4.69) is 11.7 Å². The van der Waals surface area contributed by atoms with Crippen LogP contribution in [0.1, 0.15) is 44.9 Å². The van der Waals surface area contributed by atoms with Gasteiger partial charge in [-0.05, 0) is 5.92 Å². The minimum Gasteiger partial charge on any atom is -0.479 e. The summed E-state index contributed by atoms with van der Waals surface area (Å²) >= 11 is 0. The number of hydrogen-bond donors (Lipinski definition) is 2. The van der Waals surface area contributed by atoms with Crippen LogP contribution in [-0.4, -0.2) is 34.4 Å². The summed E-state index contributed by atoms with van der Waals surface area (Å²) in [4.78, 5) is 19.8. The number of carboxylic acid groups (broad SMARTS) is 2. The summed E-state index contributed by atoms with van der Waals surface area (Å²) in [6.45, 7) is 3.88. The zero-order chi connectivity index (χ0) is 13.5. The van der Waals surface area contributed by atoms with Gasteiger partial charge in [0, 0.05) is 0 Å². The Morgan fingerprint density at radius 1 is 1.05 bits per heavy atom. The topological polar surface area (TPSA) is 87.1 Å². The van der Waals surface area contributed by atoms with Crippen molar-refractivity contribution in [3.8, 4) is 0 Å². The van der Waals surface area contributed by atoms with Crippen LogP contribution in [0.5, 0.6) is 0 Å². The fraction of sp³-hybridized carbons (Fsp3) is 0.769. The SMILES string of the molecule is O=C(O)C1OC1C(=O)O.[CH2-]CCC1CCCCC1.[K+]. The molecule has 19 heavy (non-hydrogen) atoms. The molecular weight excluding hydrogens is 275 g/mol. The minimum absolute atomic E-state index is 0. The Kier molecular flexibility index (Phi) is 10.6. The Morgan fingerprint density at radius 2 is 1.53 bits per heavy atom. The molecule has 1 aliphatic carbocycles. The number of aliphatic carboxylic acids is 2. The van der Waals surface area contributed by atoms with Crippen LogP contribution in [0.2, 0.25) is 0 Å². The van der Waals surface area contributed by atoms with Crippen LogP contribution >= 0.6 is 0 Å². The van der Waals surface area contributed by atoms with E-state index in [0.717, 1.165) is 12.3 Å². The van der Waals surface area contributed by atoms with Crippen LogP contribution in [0, 0.1) is 12.8 Å². The summed E-state index contributed by atoms with van der Waals surface area (Å²) in [5, 5.41) is 16.2. The first kappa shape index (κ1) is 19.5. The van der Waals surface area contributed by atoms with Crippen LogP contribution in [-0.2, 0) is 14.3 Å².